The maximum absolute atomic E-state index is 11.9. The first-order chi connectivity index (χ1) is 13.3. The summed E-state index contributed by atoms with van der Waals surface area (Å²) in [6, 6.07) is 3.01. The second kappa shape index (κ2) is 12.3. The molecular weight excluding hydrogens is 380 g/mol. The van der Waals surface area contributed by atoms with Gasteiger partial charge in [-0.05, 0) is 43.2 Å². The molecule has 1 rings (SSSR count). The fraction of sp³-hybridized carbons (Fsp3) is 0.714. The molecule has 0 saturated carbocycles. The van der Waals surface area contributed by atoms with Crippen LogP contribution in [0.15, 0.2) is 17.0 Å². The van der Waals surface area contributed by atoms with Gasteiger partial charge in [-0.25, -0.2) is 0 Å². The van der Waals surface area contributed by atoms with Crippen LogP contribution >= 0.6 is 0 Å². The van der Waals surface area contributed by atoms with Crippen LogP contribution in [-0.2, 0) is 21.3 Å². The first kappa shape index (κ1) is 24.7. The van der Waals surface area contributed by atoms with E-state index in [1.165, 1.54) is 13.2 Å². The predicted octanol–water partition coefficient (Wildman–Crippen LogP) is 4.89. The van der Waals surface area contributed by atoms with Crippen LogP contribution in [-0.4, -0.2) is 39.4 Å². The quantitative estimate of drug-likeness (QED) is 0.343. The van der Waals surface area contributed by atoms with Crippen LogP contribution in [0.2, 0.25) is 0 Å². The van der Waals surface area contributed by atoms with E-state index in [4.69, 9.17) is 14.2 Å². The summed E-state index contributed by atoms with van der Waals surface area (Å²) in [5.74, 6) is 1.35. The van der Waals surface area contributed by atoms with Gasteiger partial charge in [0.15, 0.2) is 11.5 Å². The second-order valence-corrected chi connectivity index (χ2v) is 8.39. The summed E-state index contributed by atoms with van der Waals surface area (Å²) in [6.07, 6.45) is 4.80. The van der Waals surface area contributed by atoms with Gasteiger partial charge in [-0.2, -0.15) is 8.42 Å². The average molecular weight is 417 g/mol. The molecule has 0 bridgehead atoms. The maximum atomic E-state index is 11.9. The number of methoxy groups -OCH3 is 1. The van der Waals surface area contributed by atoms with Crippen LogP contribution in [0, 0.1) is 5.92 Å². The van der Waals surface area contributed by atoms with Crippen molar-refractivity contribution in [1.82, 2.24) is 0 Å². The van der Waals surface area contributed by atoms with Crippen LogP contribution in [0.3, 0.4) is 0 Å². The van der Waals surface area contributed by atoms with Gasteiger partial charge in [-0.3, -0.25) is 4.55 Å². The van der Waals surface area contributed by atoms with Gasteiger partial charge in [0.05, 0.1) is 13.2 Å². The molecule has 7 heteroatoms. The number of hydrogen-bond acceptors (Lipinski definition) is 5. The minimum absolute atomic E-state index is 0.0486. The number of ether oxygens (including phenoxy) is 3. The lowest BCUT2D eigenvalue weighted by atomic mass is 10.1. The molecule has 0 fully saturated rings. The first-order valence-electron chi connectivity index (χ1n) is 10.2. The molecule has 1 aromatic rings. The number of hydrogen-bond donors (Lipinski definition) is 1. The Kier molecular flexibility index (Phi) is 10.9. The number of rotatable bonds is 14. The summed E-state index contributed by atoms with van der Waals surface area (Å²) in [6.45, 7) is 9.54. The molecule has 0 unspecified atom stereocenters. The van der Waals surface area contributed by atoms with Gasteiger partial charge in [-0.15, -0.1) is 0 Å². The van der Waals surface area contributed by atoms with Crippen molar-refractivity contribution in [3.63, 3.8) is 0 Å². The standard InChI is InChI=1S/C21H36O6S/c1-6-16(7-2)15-26-12-10-11-17-13-19(25-5)20(27-18(8-3)9-4)14-21(17)28(22,23)24/h13-14,16,18H,6-12,15H2,1-5H3,(H,22,23,24). The molecule has 0 spiro atoms. The summed E-state index contributed by atoms with van der Waals surface area (Å²) in [7, 11) is -2.85. The Morgan fingerprint density at radius 1 is 1.00 bits per heavy atom. The highest BCUT2D eigenvalue weighted by atomic mass is 32.2. The van der Waals surface area contributed by atoms with Crippen molar-refractivity contribution in [3.8, 4) is 11.5 Å². The molecule has 0 aromatic heterocycles. The van der Waals surface area contributed by atoms with Gasteiger partial charge in [0.25, 0.3) is 10.1 Å². The average Bonchev–Trinajstić information content (AvgIpc) is 2.68. The molecule has 0 atom stereocenters. The summed E-state index contributed by atoms with van der Waals surface area (Å²) in [4.78, 5) is -0.130. The van der Waals surface area contributed by atoms with Crippen LogP contribution in [0.1, 0.15) is 65.4 Å². The van der Waals surface area contributed by atoms with E-state index < -0.39 is 10.1 Å². The molecule has 162 valence electrons. The van der Waals surface area contributed by atoms with E-state index in [9.17, 15) is 13.0 Å². The fourth-order valence-electron chi connectivity index (χ4n) is 3.04. The topological polar surface area (TPSA) is 82.1 Å². The van der Waals surface area contributed by atoms with Crippen LogP contribution in [0.5, 0.6) is 11.5 Å². The van der Waals surface area contributed by atoms with Crippen LogP contribution < -0.4 is 9.47 Å². The third-order valence-corrected chi connectivity index (χ3v) is 6.01. The van der Waals surface area contributed by atoms with Crippen molar-refractivity contribution in [2.45, 2.75) is 77.2 Å². The van der Waals surface area contributed by atoms with E-state index in [0.29, 0.717) is 49.0 Å². The van der Waals surface area contributed by atoms with E-state index in [1.54, 1.807) is 6.07 Å². The molecule has 6 nitrogen and oxygen atoms in total. The van der Waals surface area contributed by atoms with E-state index in [2.05, 4.69) is 13.8 Å². The highest BCUT2D eigenvalue weighted by Gasteiger charge is 2.21. The van der Waals surface area contributed by atoms with E-state index in [0.717, 1.165) is 25.7 Å². The van der Waals surface area contributed by atoms with Gasteiger partial charge >= 0.3 is 0 Å². The first-order valence-corrected chi connectivity index (χ1v) is 11.7. The SMILES string of the molecule is CCC(CC)COCCCc1cc(OC)c(OC(CC)CC)cc1S(=O)(=O)O. The minimum atomic E-state index is -4.37. The van der Waals surface area contributed by atoms with E-state index >= 15 is 0 Å². The molecule has 0 aliphatic carbocycles. The summed E-state index contributed by atoms with van der Waals surface area (Å²) in [5.41, 5.74) is 0.502. The fourth-order valence-corrected chi connectivity index (χ4v) is 3.79. The summed E-state index contributed by atoms with van der Waals surface area (Å²) in [5, 5.41) is 0. The molecule has 0 aliphatic rings. The van der Waals surface area contributed by atoms with Gasteiger partial charge < -0.3 is 14.2 Å². The lowest BCUT2D eigenvalue weighted by Gasteiger charge is -2.20. The van der Waals surface area contributed by atoms with E-state index in [1.807, 2.05) is 13.8 Å². The van der Waals surface area contributed by atoms with Crippen molar-refractivity contribution in [2.75, 3.05) is 20.3 Å². The Morgan fingerprint density at radius 3 is 2.14 bits per heavy atom. The predicted molar refractivity (Wildman–Crippen MR) is 111 cm³/mol. The Balaban J connectivity index is 2.95. The Hall–Kier alpha value is -1.31. The molecular formula is C21H36O6S. The third kappa shape index (κ3) is 7.60. The van der Waals surface area contributed by atoms with Crippen molar-refractivity contribution in [2.24, 2.45) is 5.92 Å². The van der Waals surface area contributed by atoms with Crippen LogP contribution in [0.25, 0.3) is 0 Å². The molecule has 1 aromatic carbocycles. The minimum Gasteiger partial charge on any atom is -0.493 e. The van der Waals surface area contributed by atoms with Gasteiger partial charge in [0, 0.05) is 19.3 Å². The zero-order chi connectivity index (χ0) is 21.2. The molecule has 0 amide bonds. The molecule has 0 radical (unpaired) electrons. The second-order valence-electron chi connectivity index (χ2n) is 7.00. The number of aryl methyl sites for hydroxylation is 1. The molecule has 0 heterocycles. The Labute approximate surface area is 170 Å². The molecule has 1 N–H and O–H groups in total. The van der Waals surface area contributed by atoms with E-state index in [-0.39, 0.29) is 11.0 Å². The lowest BCUT2D eigenvalue weighted by molar-refractivity contribution is 0.0947. The van der Waals surface area contributed by atoms with Crippen molar-refractivity contribution >= 4 is 10.1 Å². The lowest BCUT2D eigenvalue weighted by Crippen LogP contribution is -2.15. The highest BCUT2D eigenvalue weighted by molar-refractivity contribution is 7.85. The zero-order valence-corrected chi connectivity index (χ0v) is 18.7. The molecule has 28 heavy (non-hydrogen) atoms. The van der Waals surface area contributed by atoms with Crippen molar-refractivity contribution in [1.29, 1.82) is 0 Å². The van der Waals surface area contributed by atoms with Gasteiger partial charge in [0.2, 0.25) is 0 Å². The molecule has 0 saturated heterocycles. The normalized spacial score (nSPS) is 12.0. The Bertz CT molecular complexity index is 678. The van der Waals surface area contributed by atoms with Crippen molar-refractivity contribution < 1.29 is 27.2 Å². The molecule has 0 aliphatic heterocycles. The summed E-state index contributed by atoms with van der Waals surface area (Å²) < 4.78 is 50.5. The monoisotopic (exact) mass is 416 g/mol. The van der Waals surface area contributed by atoms with Gasteiger partial charge in [0.1, 0.15) is 4.90 Å². The highest BCUT2D eigenvalue weighted by Crippen LogP contribution is 2.35. The smallest absolute Gasteiger partial charge is 0.294 e. The Morgan fingerprint density at radius 2 is 1.64 bits per heavy atom. The number of benzene rings is 1. The van der Waals surface area contributed by atoms with Crippen LogP contribution in [0.4, 0.5) is 0 Å². The van der Waals surface area contributed by atoms with Crippen molar-refractivity contribution in [3.05, 3.63) is 17.7 Å². The summed E-state index contributed by atoms with van der Waals surface area (Å²) >= 11 is 0. The third-order valence-electron chi connectivity index (χ3n) is 5.07. The zero-order valence-electron chi connectivity index (χ0n) is 17.9. The van der Waals surface area contributed by atoms with Gasteiger partial charge in [-0.1, -0.05) is 40.5 Å². The maximum Gasteiger partial charge on any atom is 0.294 e. The largest absolute Gasteiger partial charge is 0.493 e.